The van der Waals surface area contributed by atoms with Crippen LogP contribution >= 0.6 is 28.3 Å². The van der Waals surface area contributed by atoms with Crippen molar-refractivity contribution in [3.05, 3.63) is 71.6 Å². The molecular formula is C19H18BrN5S. The van der Waals surface area contributed by atoms with Crippen LogP contribution < -0.4 is 11.1 Å². The average Bonchev–Trinajstić information content (AvgIpc) is 3.27. The summed E-state index contributed by atoms with van der Waals surface area (Å²) >= 11 is 1.50. The molecule has 0 spiro atoms. The van der Waals surface area contributed by atoms with E-state index in [1.807, 2.05) is 47.8 Å². The second kappa shape index (κ2) is 8.16. The minimum Gasteiger partial charge on any atom is -0.370 e. The number of halogens is 1. The molecule has 132 valence electrons. The number of rotatable bonds is 4. The Bertz CT molecular complexity index is 990. The van der Waals surface area contributed by atoms with Gasteiger partial charge in [-0.05, 0) is 17.7 Å². The zero-order valence-corrected chi connectivity index (χ0v) is 16.4. The highest BCUT2D eigenvalue weighted by atomic mass is 79.9. The number of H-pyrrole nitrogens is 1. The van der Waals surface area contributed by atoms with Crippen molar-refractivity contribution in [2.75, 3.05) is 5.32 Å². The van der Waals surface area contributed by atoms with Crippen molar-refractivity contribution in [2.24, 2.45) is 10.7 Å². The molecule has 7 heteroatoms. The molecule has 0 aliphatic rings. The van der Waals surface area contributed by atoms with Crippen molar-refractivity contribution in [1.29, 1.82) is 0 Å². The van der Waals surface area contributed by atoms with Crippen LogP contribution in [0.15, 0.2) is 71.0 Å². The third kappa shape index (κ3) is 4.12. The number of fused-ring (bicyclic) bond motifs is 1. The maximum atomic E-state index is 5.96. The Morgan fingerprint density at radius 1 is 1.12 bits per heavy atom. The molecule has 0 saturated carbocycles. The summed E-state index contributed by atoms with van der Waals surface area (Å²) in [5.41, 5.74) is 10.1. The number of hydrogen-bond acceptors (Lipinski definition) is 3. The van der Waals surface area contributed by atoms with Gasteiger partial charge in [0.25, 0.3) is 0 Å². The number of thiazole rings is 1. The van der Waals surface area contributed by atoms with Gasteiger partial charge in [-0.15, -0.1) is 28.3 Å². The largest absolute Gasteiger partial charge is 0.370 e. The van der Waals surface area contributed by atoms with Crippen LogP contribution in [0.2, 0.25) is 0 Å². The Balaban J connectivity index is 0.00000196. The predicted molar refractivity (Wildman–Crippen MR) is 115 cm³/mol. The smallest absolute Gasteiger partial charge is 0.195 e. The van der Waals surface area contributed by atoms with Crippen molar-refractivity contribution in [1.82, 2.24) is 9.97 Å². The van der Waals surface area contributed by atoms with E-state index in [0.717, 1.165) is 27.6 Å². The number of aromatic nitrogens is 2. The highest BCUT2D eigenvalue weighted by Crippen LogP contribution is 2.27. The fraction of sp³-hybridized carbons (Fsp3) is 0.0526. The van der Waals surface area contributed by atoms with Crippen LogP contribution in [-0.4, -0.2) is 15.9 Å². The summed E-state index contributed by atoms with van der Waals surface area (Å²) < 4.78 is 0. The Hall–Kier alpha value is -2.64. The van der Waals surface area contributed by atoms with Gasteiger partial charge in [0.1, 0.15) is 0 Å². The molecule has 0 aliphatic carbocycles. The number of aromatic amines is 1. The number of nitrogens with zero attached hydrogens (tertiary/aromatic N) is 2. The van der Waals surface area contributed by atoms with E-state index in [4.69, 9.17) is 5.73 Å². The van der Waals surface area contributed by atoms with Crippen LogP contribution in [0.4, 0.5) is 5.13 Å². The molecule has 0 aliphatic heterocycles. The fourth-order valence-corrected chi connectivity index (χ4v) is 3.29. The second-order valence-electron chi connectivity index (χ2n) is 5.62. The van der Waals surface area contributed by atoms with E-state index in [1.54, 1.807) is 0 Å². The molecule has 0 bridgehead atoms. The van der Waals surface area contributed by atoms with Gasteiger partial charge in [-0.2, -0.15) is 0 Å². The first-order chi connectivity index (χ1) is 12.3. The Labute approximate surface area is 165 Å². The molecule has 0 fully saturated rings. The van der Waals surface area contributed by atoms with Crippen LogP contribution in [0.3, 0.4) is 0 Å². The van der Waals surface area contributed by atoms with Gasteiger partial charge in [-0.1, -0.05) is 48.5 Å². The van der Waals surface area contributed by atoms with E-state index in [2.05, 4.69) is 38.5 Å². The minimum atomic E-state index is 0. The maximum absolute atomic E-state index is 5.96. The molecule has 0 amide bonds. The SMILES string of the molecule is Br.NC(=NCc1ccccc1)Nc1nc(-c2cc3ccccc3[nH]2)cs1. The first-order valence-corrected chi connectivity index (χ1v) is 8.80. The molecule has 0 atom stereocenters. The number of hydrogen-bond donors (Lipinski definition) is 3. The Kier molecular flexibility index (Phi) is 5.70. The molecular weight excluding hydrogens is 410 g/mol. The summed E-state index contributed by atoms with van der Waals surface area (Å²) in [6.07, 6.45) is 0. The van der Waals surface area contributed by atoms with Gasteiger partial charge < -0.3 is 16.0 Å². The van der Waals surface area contributed by atoms with Gasteiger partial charge in [0.15, 0.2) is 11.1 Å². The number of para-hydroxylation sites is 1. The summed E-state index contributed by atoms with van der Waals surface area (Å²) in [4.78, 5) is 12.3. The zero-order chi connectivity index (χ0) is 17.1. The summed E-state index contributed by atoms with van der Waals surface area (Å²) in [6, 6.07) is 20.3. The van der Waals surface area contributed by atoms with Crippen molar-refractivity contribution in [3.8, 4) is 11.4 Å². The van der Waals surface area contributed by atoms with Crippen molar-refractivity contribution >= 4 is 50.3 Å². The molecule has 4 N–H and O–H groups in total. The van der Waals surface area contributed by atoms with Crippen LogP contribution in [0.25, 0.3) is 22.3 Å². The predicted octanol–water partition coefficient (Wildman–Crippen LogP) is 4.80. The lowest BCUT2D eigenvalue weighted by Gasteiger charge is -2.01. The fourth-order valence-electron chi connectivity index (χ4n) is 2.58. The lowest BCUT2D eigenvalue weighted by atomic mass is 10.2. The normalized spacial score (nSPS) is 11.3. The average molecular weight is 428 g/mol. The van der Waals surface area contributed by atoms with E-state index < -0.39 is 0 Å². The summed E-state index contributed by atoms with van der Waals surface area (Å²) in [6.45, 7) is 0.542. The standard InChI is InChI=1S/C19H17N5S.BrH/c20-18(21-11-13-6-2-1-3-7-13)24-19-23-17(12-25-19)16-10-14-8-4-5-9-15(14)22-16;/h1-10,12,22H,11H2,(H3,20,21,23,24);1H. The van der Waals surface area contributed by atoms with E-state index in [1.165, 1.54) is 16.7 Å². The molecule has 2 aromatic carbocycles. The molecule has 0 saturated heterocycles. The second-order valence-corrected chi connectivity index (χ2v) is 6.48. The highest BCUT2D eigenvalue weighted by Gasteiger charge is 2.08. The van der Waals surface area contributed by atoms with Gasteiger partial charge in [-0.25, -0.2) is 9.98 Å². The first-order valence-electron chi connectivity index (χ1n) is 7.92. The van der Waals surface area contributed by atoms with Crippen LogP contribution in [0, 0.1) is 0 Å². The summed E-state index contributed by atoms with van der Waals surface area (Å²) in [7, 11) is 0. The van der Waals surface area contributed by atoms with E-state index in [0.29, 0.717) is 12.5 Å². The van der Waals surface area contributed by atoms with Gasteiger partial charge >= 0.3 is 0 Å². The maximum Gasteiger partial charge on any atom is 0.195 e. The van der Waals surface area contributed by atoms with Gasteiger partial charge in [-0.3, -0.25) is 0 Å². The molecule has 26 heavy (non-hydrogen) atoms. The van der Waals surface area contributed by atoms with E-state index in [-0.39, 0.29) is 17.0 Å². The van der Waals surface area contributed by atoms with Gasteiger partial charge in [0.05, 0.1) is 17.9 Å². The number of nitrogens with one attached hydrogen (secondary N) is 2. The van der Waals surface area contributed by atoms with Crippen LogP contribution in [-0.2, 0) is 6.54 Å². The summed E-state index contributed by atoms with van der Waals surface area (Å²) in [5.74, 6) is 0.362. The van der Waals surface area contributed by atoms with Crippen LogP contribution in [0.5, 0.6) is 0 Å². The lowest BCUT2D eigenvalue weighted by Crippen LogP contribution is -2.22. The first kappa shape index (κ1) is 18.2. The van der Waals surface area contributed by atoms with E-state index >= 15 is 0 Å². The van der Waals surface area contributed by atoms with Crippen molar-refractivity contribution in [3.63, 3.8) is 0 Å². The number of guanidine groups is 1. The lowest BCUT2D eigenvalue weighted by molar-refractivity contribution is 1.06. The number of aliphatic imine (C=N–C) groups is 1. The molecule has 4 aromatic rings. The van der Waals surface area contributed by atoms with Crippen molar-refractivity contribution < 1.29 is 0 Å². The molecule has 4 rings (SSSR count). The quantitative estimate of drug-likeness (QED) is 0.323. The minimum absolute atomic E-state index is 0. The third-order valence-corrected chi connectivity index (χ3v) is 4.58. The topological polar surface area (TPSA) is 79.1 Å². The number of anilines is 1. The Morgan fingerprint density at radius 2 is 1.88 bits per heavy atom. The van der Waals surface area contributed by atoms with E-state index in [9.17, 15) is 0 Å². The van der Waals surface area contributed by atoms with Gasteiger partial charge in [0, 0.05) is 16.3 Å². The van der Waals surface area contributed by atoms with Crippen molar-refractivity contribution in [2.45, 2.75) is 6.54 Å². The highest BCUT2D eigenvalue weighted by molar-refractivity contribution is 8.93. The number of benzene rings is 2. The monoisotopic (exact) mass is 427 g/mol. The molecule has 2 aromatic heterocycles. The third-order valence-electron chi connectivity index (χ3n) is 3.82. The molecule has 5 nitrogen and oxygen atoms in total. The molecule has 0 radical (unpaired) electrons. The summed E-state index contributed by atoms with van der Waals surface area (Å²) in [5, 5.41) is 6.95. The zero-order valence-electron chi connectivity index (χ0n) is 13.8. The van der Waals surface area contributed by atoms with Gasteiger partial charge in [0.2, 0.25) is 0 Å². The molecule has 0 unspecified atom stereocenters. The van der Waals surface area contributed by atoms with Crippen LogP contribution in [0.1, 0.15) is 5.56 Å². The number of nitrogens with two attached hydrogens (primary N) is 1. The Morgan fingerprint density at radius 3 is 2.69 bits per heavy atom. The molecule has 2 heterocycles.